The second-order valence-electron chi connectivity index (χ2n) is 5.85. The van der Waals surface area contributed by atoms with Crippen LogP contribution in [-0.2, 0) is 14.8 Å². The molecule has 0 spiro atoms. The fraction of sp³-hybridized carbons (Fsp3) is 0.235. The second kappa shape index (κ2) is 6.64. The average Bonchev–Trinajstić information content (AvgIpc) is 3.01. The molecule has 0 unspecified atom stereocenters. The molecule has 0 aliphatic carbocycles. The first-order valence-corrected chi connectivity index (χ1v) is 9.54. The lowest BCUT2D eigenvalue weighted by Gasteiger charge is -2.20. The molecule has 0 saturated heterocycles. The van der Waals surface area contributed by atoms with Crippen molar-refractivity contribution in [3.05, 3.63) is 59.9 Å². The molecule has 2 heterocycles. The van der Waals surface area contributed by atoms with Gasteiger partial charge in [0.15, 0.2) is 0 Å². The van der Waals surface area contributed by atoms with E-state index in [-0.39, 0.29) is 5.91 Å². The molecule has 2 aromatic rings. The van der Waals surface area contributed by atoms with Crippen molar-refractivity contribution in [2.45, 2.75) is 19.4 Å². The van der Waals surface area contributed by atoms with E-state index in [0.717, 1.165) is 21.8 Å². The number of rotatable bonds is 4. The summed E-state index contributed by atoms with van der Waals surface area (Å²) < 4.78 is 25.4. The molecule has 1 aromatic carbocycles. The average molecular weight is 358 g/mol. The zero-order valence-corrected chi connectivity index (χ0v) is 14.7. The van der Waals surface area contributed by atoms with Gasteiger partial charge in [0.25, 0.3) is 0 Å². The first-order valence-electron chi connectivity index (χ1n) is 7.69. The lowest BCUT2D eigenvalue weighted by Crippen LogP contribution is -2.25. The molecular weight excluding hydrogens is 340 g/mol. The van der Waals surface area contributed by atoms with E-state index in [4.69, 9.17) is 0 Å². The van der Waals surface area contributed by atoms with Crippen LogP contribution in [0.15, 0.2) is 53.9 Å². The standard InChI is InChI=1S/C17H18N4O3S/c1-12(22)19-15-7-5-13(6-8-15)16-10-17(14-4-3-9-18-11-14)21(20-16)25(2,23)24/h3-9,11,17H,10H2,1-2H3,(H,19,22)/t17-/m0/s1. The van der Waals surface area contributed by atoms with Gasteiger partial charge in [0.1, 0.15) is 0 Å². The minimum atomic E-state index is -3.50. The third-order valence-electron chi connectivity index (χ3n) is 3.82. The third-order valence-corrected chi connectivity index (χ3v) is 4.84. The Hall–Kier alpha value is -2.74. The van der Waals surface area contributed by atoms with Gasteiger partial charge in [-0.1, -0.05) is 18.2 Å². The highest BCUT2D eigenvalue weighted by atomic mass is 32.2. The summed E-state index contributed by atoms with van der Waals surface area (Å²) in [4.78, 5) is 15.2. The molecule has 0 radical (unpaired) electrons. The largest absolute Gasteiger partial charge is 0.326 e. The van der Waals surface area contributed by atoms with Gasteiger partial charge in [0, 0.05) is 31.4 Å². The van der Waals surface area contributed by atoms with Gasteiger partial charge in [-0.05, 0) is 29.3 Å². The molecule has 1 amide bonds. The van der Waals surface area contributed by atoms with E-state index in [1.807, 2.05) is 18.2 Å². The fourth-order valence-corrected chi connectivity index (χ4v) is 3.64. The monoisotopic (exact) mass is 358 g/mol. The Bertz CT molecular complexity index is 909. The summed E-state index contributed by atoms with van der Waals surface area (Å²) in [5.74, 6) is -0.147. The van der Waals surface area contributed by atoms with Crippen LogP contribution in [0.4, 0.5) is 5.69 Å². The van der Waals surface area contributed by atoms with Crippen LogP contribution in [0, 0.1) is 0 Å². The Morgan fingerprint density at radius 2 is 1.96 bits per heavy atom. The summed E-state index contributed by atoms with van der Waals surface area (Å²) in [6, 6.07) is 10.4. The highest BCUT2D eigenvalue weighted by Gasteiger charge is 2.34. The number of pyridine rings is 1. The van der Waals surface area contributed by atoms with Crippen LogP contribution >= 0.6 is 0 Å². The van der Waals surface area contributed by atoms with Crippen molar-refractivity contribution in [3.63, 3.8) is 0 Å². The topological polar surface area (TPSA) is 91.7 Å². The van der Waals surface area contributed by atoms with E-state index >= 15 is 0 Å². The van der Waals surface area contributed by atoms with E-state index < -0.39 is 16.1 Å². The number of nitrogens with zero attached hydrogens (tertiary/aromatic N) is 3. The molecule has 8 heteroatoms. The van der Waals surface area contributed by atoms with Gasteiger partial charge in [-0.15, -0.1) is 0 Å². The summed E-state index contributed by atoms with van der Waals surface area (Å²) in [5, 5.41) is 7.02. The molecule has 0 bridgehead atoms. The number of carbonyl (C=O) groups excluding carboxylic acids is 1. The normalized spacial score (nSPS) is 17.3. The van der Waals surface area contributed by atoms with Crippen LogP contribution in [-0.4, -0.2) is 35.7 Å². The third kappa shape index (κ3) is 3.85. The molecule has 1 aromatic heterocycles. The number of hydrogen-bond acceptors (Lipinski definition) is 5. The molecule has 1 aliphatic rings. The number of nitrogens with one attached hydrogen (secondary N) is 1. The minimum absolute atomic E-state index is 0.147. The van der Waals surface area contributed by atoms with Gasteiger partial charge in [0.05, 0.1) is 18.0 Å². The number of sulfonamides is 1. The van der Waals surface area contributed by atoms with Gasteiger partial charge in [-0.25, -0.2) is 8.42 Å². The van der Waals surface area contributed by atoms with Crippen LogP contribution in [0.3, 0.4) is 0 Å². The van der Waals surface area contributed by atoms with E-state index in [2.05, 4.69) is 15.4 Å². The minimum Gasteiger partial charge on any atom is -0.326 e. The maximum absolute atomic E-state index is 12.1. The lowest BCUT2D eigenvalue weighted by atomic mass is 10.0. The fourth-order valence-electron chi connectivity index (χ4n) is 2.74. The number of amides is 1. The van der Waals surface area contributed by atoms with Crippen molar-refractivity contribution in [3.8, 4) is 0 Å². The molecule has 3 rings (SSSR count). The molecule has 0 saturated carbocycles. The summed E-state index contributed by atoms with van der Waals surface area (Å²) >= 11 is 0. The van der Waals surface area contributed by atoms with Crippen molar-refractivity contribution in [1.29, 1.82) is 0 Å². The second-order valence-corrected chi connectivity index (χ2v) is 7.69. The van der Waals surface area contributed by atoms with Gasteiger partial charge < -0.3 is 5.32 Å². The van der Waals surface area contributed by atoms with Crippen LogP contribution in [0.5, 0.6) is 0 Å². The summed E-state index contributed by atoms with van der Waals surface area (Å²) in [5.41, 5.74) is 2.96. The van der Waals surface area contributed by atoms with Crippen molar-refractivity contribution < 1.29 is 13.2 Å². The Morgan fingerprint density at radius 1 is 1.24 bits per heavy atom. The maximum Gasteiger partial charge on any atom is 0.247 e. The van der Waals surface area contributed by atoms with E-state index in [0.29, 0.717) is 17.8 Å². The van der Waals surface area contributed by atoms with Gasteiger partial charge in [0.2, 0.25) is 15.9 Å². The molecule has 130 valence electrons. The Kier molecular flexibility index (Phi) is 4.54. The number of carbonyl (C=O) groups is 1. The van der Waals surface area contributed by atoms with E-state index in [1.165, 1.54) is 6.92 Å². The lowest BCUT2D eigenvalue weighted by molar-refractivity contribution is -0.114. The SMILES string of the molecule is CC(=O)Nc1ccc(C2=NN(S(C)(=O)=O)[C@H](c3cccnc3)C2)cc1. The number of hydrogen-bond donors (Lipinski definition) is 1. The van der Waals surface area contributed by atoms with Crippen molar-refractivity contribution in [2.75, 3.05) is 11.6 Å². The van der Waals surface area contributed by atoms with Crippen molar-refractivity contribution >= 4 is 27.3 Å². The van der Waals surface area contributed by atoms with Gasteiger partial charge >= 0.3 is 0 Å². The van der Waals surface area contributed by atoms with Crippen LogP contribution in [0.2, 0.25) is 0 Å². The van der Waals surface area contributed by atoms with Gasteiger partial charge in [-0.2, -0.15) is 9.52 Å². The van der Waals surface area contributed by atoms with Crippen molar-refractivity contribution in [2.24, 2.45) is 5.10 Å². The number of hydrazone groups is 1. The Morgan fingerprint density at radius 3 is 2.52 bits per heavy atom. The molecular formula is C17H18N4O3S. The smallest absolute Gasteiger partial charge is 0.247 e. The zero-order valence-electron chi connectivity index (χ0n) is 13.9. The quantitative estimate of drug-likeness (QED) is 0.906. The highest BCUT2D eigenvalue weighted by molar-refractivity contribution is 7.88. The number of aromatic nitrogens is 1. The number of benzene rings is 1. The van der Waals surface area contributed by atoms with Crippen LogP contribution in [0.1, 0.15) is 30.5 Å². The van der Waals surface area contributed by atoms with Crippen molar-refractivity contribution in [1.82, 2.24) is 9.40 Å². The highest BCUT2D eigenvalue weighted by Crippen LogP contribution is 2.34. The van der Waals surface area contributed by atoms with Crippen LogP contribution in [0.25, 0.3) is 0 Å². The maximum atomic E-state index is 12.1. The summed E-state index contributed by atoms with van der Waals surface area (Å²) in [6.07, 6.45) is 4.90. The molecule has 7 nitrogen and oxygen atoms in total. The van der Waals surface area contributed by atoms with Gasteiger partial charge in [-0.3, -0.25) is 9.78 Å². The predicted molar refractivity (Wildman–Crippen MR) is 95.6 cm³/mol. The molecule has 1 N–H and O–H groups in total. The Balaban J connectivity index is 1.91. The van der Waals surface area contributed by atoms with E-state index in [1.54, 1.807) is 30.6 Å². The zero-order chi connectivity index (χ0) is 18.0. The summed E-state index contributed by atoms with van der Waals surface area (Å²) in [7, 11) is -3.50. The molecule has 25 heavy (non-hydrogen) atoms. The summed E-state index contributed by atoms with van der Waals surface area (Å²) in [6.45, 7) is 1.44. The predicted octanol–water partition coefficient (Wildman–Crippen LogP) is 2.15. The molecule has 1 atom stereocenters. The molecule has 1 aliphatic heterocycles. The van der Waals surface area contributed by atoms with Crippen LogP contribution < -0.4 is 5.32 Å². The first-order chi connectivity index (χ1) is 11.8. The Labute approximate surface area is 146 Å². The molecule has 0 fully saturated rings. The first kappa shape index (κ1) is 17.1. The van der Waals surface area contributed by atoms with E-state index in [9.17, 15) is 13.2 Å². The number of anilines is 1.